The first-order valence-electron chi connectivity index (χ1n) is 3.79. The maximum atomic E-state index is 8.36. The van der Waals surface area contributed by atoms with Crippen molar-refractivity contribution in [2.75, 3.05) is 0 Å². The van der Waals surface area contributed by atoms with E-state index in [1.165, 1.54) is 0 Å². The molecule has 14 heavy (non-hydrogen) atoms. The van der Waals surface area contributed by atoms with Gasteiger partial charge in [0.2, 0.25) is 0 Å². The molecule has 0 aromatic heterocycles. The Morgan fingerprint density at radius 1 is 1.14 bits per heavy atom. The molecule has 0 spiro atoms. The molecule has 0 unspecified atom stereocenters. The quantitative estimate of drug-likeness (QED) is 0.343. The zero-order chi connectivity index (χ0) is 12.0. The molecular weight excluding hydrogens is 190 g/mol. The largest absolute Gasteiger partial charge is 0.328 e. The van der Waals surface area contributed by atoms with Crippen LogP contribution in [0.2, 0.25) is 0 Å². The summed E-state index contributed by atoms with van der Waals surface area (Å²) in [5, 5.41) is 21.2. The van der Waals surface area contributed by atoms with E-state index in [-0.39, 0.29) is 0 Å². The molecule has 0 atom stereocenters. The predicted molar refractivity (Wildman–Crippen MR) is 50.2 cm³/mol. The first kappa shape index (κ1) is 15.2. The lowest BCUT2D eigenvalue weighted by atomic mass is 10.3. The molecule has 0 aliphatic carbocycles. The maximum Gasteiger partial charge on any atom is 0.291 e. The van der Waals surface area contributed by atoms with Crippen molar-refractivity contribution < 1.29 is 10.3 Å². The maximum absolute atomic E-state index is 8.36. The van der Waals surface area contributed by atoms with Gasteiger partial charge >= 0.3 is 0 Å². The summed E-state index contributed by atoms with van der Waals surface area (Å²) in [6, 6.07) is 0. The third-order valence-corrected chi connectivity index (χ3v) is 0.565. The van der Waals surface area contributed by atoms with Crippen molar-refractivity contribution in [1.82, 2.24) is 0 Å². The Bertz CT molecular complexity index is 182. The van der Waals surface area contributed by atoms with Crippen LogP contribution in [0, 0.1) is 10.1 Å². The lowest BCUT2D eigenvalue weighted by molar-refractivity contribution is -0.742. The fourth-order valence-corrected chi connectivity index (χ4v) is 0.258. The standard InChI is InChI=1S/C6H16N4.HNO3/c1-5(2,7)9-10-6(3,4)8;2-1(3)4/h7-8H2,1-4H3;(H,2,3,4). The fraction of sp³-hybridized carbons (Fsp3) is 1.00. The summed E-state index contributed by atoms with van der Waals surface area (Å²) >= 11 is 0. The number of azo groups is 1. The van der Waals surface area contributed by atoms with Crippen molar-refractivity contribution in [2.24, 2.45) is 21.7 Å². The van der Waals surface area contributed by atoms with Crippen molar-refractivity contribution in [1.29, 1.82) is 0 Å². The van der Waals surface area contributed by atoms with Crippen molar-refractivity contribution in [3.8, 4) is 0 Å². The summed E-state index contributed by atoms with van der Waals surface area (Å²) in [5.41, 5.74) is 9.82. The van der Waals surface area contributed by atoms with Gasteiger partial charge in [-0.2, -0.15) is 10.2 Å². The summed E-state index contributed by atoms with van der Waals surface area (Å²) in [4.78, 5) is 8.36. The second-order valence-electron chi connectivity index (χ2n) is 3.75. The van der Waals surface area contributed by atoms with Crippen LogP contribution < -0.4 is 11.5 Å². The van der Waals surface area contributed by atoms with Crippen molar-refractivity contribution in [3.63, 3.8) is 0 Å². The summed E-state index contributed by atoms with van der Waals surface area (Å²) in [6.07, 6.45) is 0. The first-order valence-corrected chi connectivity index (χ1v) is 3.79. The number of hydrogen-bond acceptors (Lipinski definition) is 6. The van der Waals surface area contributed by atoms with Gasteiger partial charge in [0.1, 0.15) is 11.3 Å². The van der Waals surface area contributed by atoms with Gasteiger partial charge in [-0.05, 0) is 27.7 Å². The zero-order valence-electron chi connectivity index (χ0n) is 8.76. The van der Waals surface area contributed by atoms with Gasteiger partial charge in [0.05, 0.1) is 0 Å². The van der Waals surface area contributed by atoms with E-state index in [1.807, 2.05) is 0 Å². The topological polar surface area (TPSA) is 140 Å². The highest BCUT2D eigenvalue weighted by atomic mass is 16.9. The Hall–Kier alpha value is -1.28. The second-order valence-corrected chi connectivity index (χ2v) is 3.75. The van der Waals surface area contributed by atoms with Gasteiger partial charge < -0.3 is 16.7 Å². The normalized spacial score (nSPS) is 12.1. The Balaban J connectivity index is 0. The highest BCUT2D eigenvalue weighted by molar-refractivity contribution is 4.70. The molecule has 0 heterocycles. The van der Waals surface area contributed by atoms with E-state index in [9.17, 15) is 0 Å². The van der Waals surface area contributed by atoms with Gasteiger partial charge in [0.15, 0.2) is 0 Å². The highest BCUT2D eigenvalue weighted by Gasteiger charge is 2.12. The predicted octanol–water partition coefficient (Wildman–Crippen LogP) is 0.481. The first-order chi connectivity index (χ1) is 5.94. The lowest BCUT2D eigenvalue weighted by Gasteiger charge is -2.15. The third kappa shape index (κ3) is 31.0. The van der Waals surface area contributed by atoms with Crippen molar-refractivity contribution in [3.05, 3.63) is 10.1 Å². The van der Waals surface area contributed by atoms with E-state index in [0.29, 0.717) is 0 Å². The van der Waals surface area contributed by atoms with Gasteiger partial charge in [-0.25, -0.2) is 0 Å². The average molecular weight is 207 g/mol. The van der Waals surface area contributed by atoms with Crippen molar-refractivity contribution in [2.45, 2.75) is 39.0 Å². The van der Waals surface area contributed by atoms with E-state index in [0.717, 1.165) is 0 Å². The Morgan fingerprint density at radius 2 is 1.29 bits per heavy atom. The van der Waals surface area contributed by atoms with Gasteiger partial charge in [0.25, 0.3) is 5.09 Å². The number of rotatable bonds is 2. The molecule has 0 bridgehead atoms. The van der Waals surface area contributed by atoms with Gasteiger partial charge in [-0.15, -0.1) is 10.1 Å². The Kier molecular flexibility index (Phi) is 5.92. The monoisotopic (exact) mass is 207 g/mol. The minimum Gasteiger partial charge on any atom is -0.328 e. The zero-order valence-corrected chi connectivity index (χ0v) is 8.76. The third-order valence-electron chi connectivity index (χ3n) is 0.565. The highest BCUT2D eigenvalue weighted by Crippen LogP contribution is 2.05. The molecule has 5 N–H and O–H groups in total. The van der Waals surface area contributed by atoms with E-state index in [1.54, 1.807) is 27.7 Å². The molecule has 0 aromatic rings. The summed E-state index contributed by atoms with van der Waals surface area (Å²) in [5.74, 6) is 0. The molecule has 0 aromatic carbocycles. The van der Waals surface area contributed by atoms with E-state index >= 15 is 0 Å². The molecule has 0 saturated carbocycles. The van der Waals surface area contributed by atoms with Crippen LogP contribution in [0.1, 0.15) is 27.7 Å². The Labute approximate surface area is 82.1 Å². The lowest BCUT2D eigenvalue weighted by Crippen LogP contribution is -2.33. The van der Waals surface area contributed by atoms with Crippen LogP contribution in [-0.4, -0.2) is 21.6 Å². The summed E-state index contributed by atoms with van der Waals surface area (Å²) < 4.78 is 0. The molecule has 84 valence electrons. The van der Waals surface area contributed by atoms with E-state index < -0.39 is 16.4 Å². The Morgan fingerprint density at radius 3 is 1.36 bits per heavy atom. The molecule has 0 aliphatic heterocycles. The smallest absolute Gasteiger partial charge is 0.291 e. The van der Waals surface area contributed by atoms with Crippen LogP contribution >= 0.6 is 0 Å². The molecule has 0 amide bonds. The van der Waals surface area contributed by atoms with Crippen LogP contribution in [0.4, 0.5) is 0 Å². The van der Waals surface area contributed by atoms with E-state index in [4.69, 9.17) is 26.8 Å². The average Bonchev–Trinajstić information content (AvgIpc) is 1.79. The minimum absolute atomic E-state index is 0.614. The summed E-state index contributed by atoms with van der Waals surface area (Å²) in [7, 11) is 0. The van der Waals surface area contributed by atoms with Gasteiger partial charge in [-0.1, -0.05) is 0 Å². The molecule has 0 saturated heterocycles. The van der Waals surface area contributed by atoms with Crippen LogP contribution in [-0.2, 0) is 0 Å². The van der Waals surface area contributed by atoms with Crippen LogP contribution in [0.15, 0.2) is 10.2 Å². The van der Waals surface area contributed by atoms with Crippen LogP contribution in [0.25, 0.3) is 0 Å². The van der Waals surface area contributed by atoms with Crippen molar-refractivity contribution >= 4 is 0 Å². The summed E-state index contributed by atoms with van der Waals surface area (Å²) in [6.45, 7) is 7.06. The van der Waals surface area contributed by atoms with Gasteiger partial charge in [-0.3, -0.25) is 0 Å². The molecule has 0 aliphatic rings. The molecule has 0 radical (unpaired) electrons. The molecule has 0 rings (SSSR count). The fourth-order valence-electron chi connectivity index (χ4n) is 0.258. The molecular formula is C6H17N5O3. The molecule has 0 fully saturated rings. The number of hydrogen-bond donors (Lipinski definition) is 3. The van der Waals surface area contributed by atoms with Gasteiger partial charge in [0, 0.05) is 0 Å². The number of nitrogens with two attached hydrogens (primary N) is 2. The van der Waals surface area contributed by atoms with Crippen LogP contribution in [0.5, 0.6) is 0 Å². The van der Waals surface area contributed by atoms with Crippen LogP contribution in [0.3, 0.4) is 0 Å². The SMILES string of the molecule is CC(C)(N)N=NC(C)(C)N.O=[N+]([O-])O. The molecule has 8 nitrogen and oxygen atoms in total. The second kappa shape index (κ2) is 5.45. The minimum atomic E-state index is -1.50. The van der Waals surface area contributed by atoms with E-state index in [2.05, 4.69) is 10.2 Å². The number of nitrogens with zero attached hydrogens (tertiary/aromatic N) is 3. The molecule has 8 heteroatoms.